The molecular formula is C15H31NO4Si. The lowest BCUT2D eigenvalue weighted by Gasteiger charge is -2.38. The van der Waals surface area contributed by atoms with Gasteiger partial charge in [-0.3, -0.25) is 0 Å². The fourth-order valence-corrected chi connectivity index (χ4v) is 2.28. The Morgan fingerprint density at radius 1 is 1.10 bits per heavy atom. The van der Waals surface area contributed by atoms with Gasteiger partial charge in [0.2, 0.25) is 0 Å². The molecule has 0 heterocycles. The summed E-state index contributed by atoms with van der Waals surface area (Å²) in [6.07, 6.45) is 0.0836. The maximum Gasteiger partial charge on any atom is 0.408 e. The minimum atomic E-state index is -1.98. The minimum Gasteiger partial charge on any atom is -0.444 e. The molecule has 0 bridgehead atoms. The fraction of sp³-hybridized carbons (Fsp3) is 0.867. The molecule has 0 aromatic rings. The molecule has 0 fully saturated rings. The van der Waals surface area contributed by atoms with Crippen molar-refractivity contribution in [3.05, 3.63) is 0 Å². The van der Waals surface area contributed by atoms with Gasteiger partial charge in [0.05, 0.1) is 6.61 Å². The van der Waals surface area contributed by atoms with Crippen molar-refractivity contribution in [1.82, 2.24) is 5.32 Å². The molecule has 5 nitrogen and oxygen atoms in total. The first-order valence-corrected chi connectivity index (χ1v) is 10.1. The van der Waals surface area contributed by atoms with Gasteiger partial charge in [-0.1, -0.05) is 20.8 Å². The molecule has 0 saturated heterocycles. The van der Waals surface area contributed by atoms with Crippen LogP contribution < -0.4 is 5.32 Å². The molecule has 0 radical (unpaired) electrons. The van der Waals surface area contributed by atoms with E-state index in [4.69, 9.17) is 9.16 Å². The smallest absolute Gasteiger partial charge is 0.408 e. The van der Waals surface area contributed by atoms with Crippen LogP contribution in [0.2, 0.25) is 18.1 Å². The number of ether oxygens (including phenoxy) is 1. The third kappa shape index (κ3) is 7.08. The van der Waals surface area contributed by atoms with E-state index in [0.29, 0.717) is 6.29 Å². The van der Waals surface area contributed by atoms with E-state index in [2.05, 4.69) is 39.2 Å². The number of nitrogens with one attached hydrogen (secondary N) is 1. The first-order valence-electron chi connectivity index (χ1n) is 7.23. The molecule has 0 saturated carbocycles. The minimum absolute atomic E-state index is 0.0444. The van der Waals surface area contributed by atoms with Crippen molar-refractivity contribution >= 4 is 20.7 Å². The van der Waals surface area contributed by atoms with E-state index < -0.39 is 25.6 Å². The largest absolute Gasteiger partial charge is 0.444 e. The van der Waals surface area contributed by atoms with Crippen LogP contribution in [0.15, 0.2) is 0 Å². The van der Waals surface area contributed by atoms with E-state index in [1.54, 1.807) is 27.7 Å². The zero-order chi connectivity index (χ0) is 17.1. The summed E-state index contributed by atoms with van der Waals surface area (Å²) in [7, 11) is -1.98. The van der Waals surface area contributed by atoms with Crippen molar-refractivity contribution in [2.24, 2.45) is 0 Å². The molecule has 0 aromatic heterocycles. The molecule has 0 rings (SSSR count). The number of alkyl carbamates (subject to hydrolysis) is 1. The lowest BCUT2D eigenvalue weighted by atomic mass is 10.1. The first kappa shape index (κ1) is 20.1. The second-order valence-electron chi connectivity index (χ2n) is 8.21. The van der Waals surface area contributed by atoms with Gasteiger partial charge in [0, 0.05) is 0 Å². The molecule has 124 valence electrons. The average molecular weight is 318 g/mol. The van der Waals surface area contributed by atoms with Crippen molar-refractivity contribution < 1.29 is 18.8 Å². The van der Waals surface area contributed by atoms with Crippen LogP contribution in [0.5, 0.6) is 0 Å². The van der Waals surface area contributed by atoms with Crippen LogP contribution in [-0.2, 0) is 14.0 Å². The molecule has 0 aliphatic heterocycles. The molecule has 1 amide bonds. The van der Waals surface area contributed by atoms with Gasteiger partial charge < -0.3 is 19.3 Å². The van der Waals surface area contributed by atoms with Gasteiger partial charge in [-0.05, 0) is 45.8 Å². The lowest BCUT2D eigenvalue weighted by Crippen LogP contribution is -2.55. The number of carbonyl (C=O) groups excluding carboxylic acids is 2. The maximum atomic E-state index is 11.8. The van der Waals surface area contributed by atoms with E-state index in [1.807, 2.05) is 0 Å². The van der Waals surface area contributed by atoms with Crippen molar-refractivity contribution in [2.45, 2.75) is 77.7 Å². The van der Waals surface area contributed by atoms with E-state index in [9.17, 15) is 9.59 Å². The Hall–Kier alpha value is -0.883. The number of hydrogen-bond acceptors (Lipinski definition) is 4. The van der Waals surface area contributed by atoms with Crippen LogP contribution in [0.25, 0.3) is 0 Å². The zero-order valence-electron chi connectivity index (χ0n) is 14.9. The van der Waals surface area contributed by atoms with E-state index >= 15 is 0 Å². The van der Waals surface area contributed by atoms with Crippen LogP contribution in [-0.4, -0.2) is 38.4 Å². The first-order chi connectivity index (χ1) is 9.12. The van der Waals surface area contributed by atoms with E-state index in [0.717, 1.165) is 0 Å². The summed E-state index contributed by atoms with van der Waals surface area (Å²) in [6, 6.07) is 0. The molecule has 0 aromatic carbocycles. The standard InChI is InChI=1S/C15H31NO4Si/c1-13(2,3)20-12(18)16-15(7,10-17)11-19-21(8,9)14(4,5)6/h10H,11H2,1-9H3,(H,16,18). The highest BCUT2D eigenvalue weighted by Crippen LogP contribution is 2.36. The highest BCUT2D eigenvalue weighted by molar-refractivity contribution is 6.74. The van der Waals surface area contributed by atoms with Crippen LogP contribution >= 0.6 is 0 Å². The normalized spacial score (nSPS) is 16.0. The summed E-state index contributed by atoms with van der Waals surface area (Å²) >= 11 is 0. The molecule has 1 atom stereocenters. The number of amides is 1. The topological polar surface area (TPSA) is 64.6 Å². The molecule has 1 N–H and O–H groups in total. The van der Waals surface area contributed by atoms with Crippen LogP contribution in [0.3, 0.4) is 0 Å². The quantitative estimate of drug-likeness (QED) is 0.622. The van der Waals surface area contributed by atoms with Crippen LogP contribution in [0, 0.1) is 0 Å². The monoisotopic (exact) mass is 317 g/mol. The van der Waals surface area contributed by atoms with Crippen LogP contribution in [0.4, 0.5) is 4.79 Å². The number of hydrogen-bond donors (Lipinski definition) is 1. The van der Waals surface area contributed by atoms with Crippen LogP contribution in [0.1, 0.15) is 48.5 Å². The Kier molecular flexibility index (Phi) is 6.21. The summed E-state index contributed by atoms with van der Waals surface area (Å²) < 4.78 is 11.2. The zero-order valence-corrected chi connectivity index (χ0v) is 15.9. The molecular weight excluding hydrogens is 286 g/mol. The second kappa shape index (κ2) is 6.48. The van der Waals surface area contributed by atoms with E-state index in [-0.39, 0.29) is 11.6 Å². The Morgan fingerprint density at radius 2 is 1.57 bits per heavy atom. The second-order valence-corrected chi connectivity index (χ2v) is 13.0. The van der Waals surface area contributed by atoms with Gasteiger partial charge in [0.1, 0.15) is 17.4 Å². The number of carbonyl (C=O) groups is 2. The van der Waals surface area contributed by atoms with Crippen molar-refractivity contribution in [1.29, 1.82) is 0 Å². The maximum absolute atomic E-state index is 11.8. The fourth-order valence-electron chi connectivity index (χ4n) is 1.18. The third-order valence-corrected chi connectivity index (χ3v) is 8.06. The van der Waals surface area contributed by atoms with E-state index in [1.165, 1.54) is 0 Å². The SMILES string of the molecule is CC(C=O)(CO[Si](C)(C)C(C)(C)C)NC(=O)OC(C)(C)C. The molecule has 1 unspecified atom stereocenters. The summed E-state index contributed by atoms with van der Waals surface area (Å²) in [5.41, 5.74) is -1.69. The Balaban J connectivity index is 4.76. The summed E-state index contributed by atoms with van der Waals surface area (Å²) in [5, 5.41) is 2.64. The van der Waals surface area contributed by atoms with Crippen molar-refractivity contribution in [3.63, 3.8) is 0 Å². The van der Waals surface area contributed by atoms with Gasteiger partial charge >= 0.3 is 6.09 Å². The predicted molar refractivity (Wildman–Crippen MR) is 87.0 cm³/mol. The Morgan fingerprint density at radius 3 is 1.90 bits per heavy atom. The molecule has 0 spiro atoms. The van der Waals surface area contributed by atoms with Gasteiger partial charge in [-0.15, -0.1) is 0 Å². The van der Waals surface area contributed by atoms with Crippen molar-refractivity contribution in [2.75, 3.05) is 6.61 Å². The number of aldehydes is 1. The molecule has 0 aliphatic carbocycles. The number of rotatable bonds is 5. The summed E-state index contributed by atoms with van der Waals surface area (Å²) in [6.45, 7) is 17.7. The Labute approximate surface area is 129 Å². The summed E-state index contributed by atoms with van der Waals surface area (Å²) in [4.78, 5) is 23.2. The highest BCUT2D eigenvalue weighted by Gasteiger charge is 2.40. The summed E-state index contributed by atoms with van der Waals surface area (Å²) in [5.74, 6) is 0. The lowest BCUT2D eigenvalue weighted by molar-refractivity contribution is -0.114. The van der Waals surface area contributed by atoms with Gasteiger partial charge in [-0.25, -0.2) is 4.79 Å². The Bertz CT molecular complexity index is 382. The highest BCUT2D eigenvalue weighted by atomic mass is 28.4. The molecule has 0 aliphatic rings. The third-order valence-electron chi connectivity index (χ3n) is 3.59. The van der Waals surface area contributed by atoms with Gasteiger partial charge in [0.25, 0.3) is 0 Å². The van der Waals surface area contributed by atoms with Gasteiger partial charge in [0.15, 0.2) is 8.32 Å². The van der Waals surface area contributed by atoms with Gasteiger partial charge in [-0.2, -0.15) is 0 Å². The molecule has 6 heteroatoms. The van der Waals surface area contributed by atoms with Crippen molar-refractivity contribution in [3.8, 4) is 0 Å². The molecule has 21 heavy (non-hydrogen) atoms. The predicted octanol–water partition coefficient (Wildman–Crippen LogP) is 3.49. The average Bonchev–Trinajstić information content (AvgIpc) is 2.22.